The monoisotopic (exact) mass is 297 g/mol. The van der Waals surface area contributed by atoms with E-state index in [1.807, 2.05) is 37.5 Å². The fourth-order valence-corrected chi connectivity index (χ4v) is 2.62. The zero-order valence-corrected chi connectivity index (χ0v) is 12.6. The fraction of sp³-hybridized carbons (Fsp3) is 0.176. The lowest BCUT2D eigenvalue weighted by Crippen LogP contribution is -2.19. The summed E-state index contributed by atoms with van der Waals surface area (Å²) in [6.45, 7) is 0.753. The fourth-order valence-electron chi connectivity index (χ4n) is 2.42. The minimum atomic E-state index is 0.449. The summed E-state index contributed by atoms with van der Waals surface area (Å²) in [5.41, 5.74) is 3.18. The second kappa shape index (κ2) is 6.10. The van der Waals surface area contributed by atoms with Gasteiger partial charge < -0.3 is 4.90 Å². The summed E-state index contributed by atoms with van der Waals surface area (Å²) in [7, 11) is 2.03. The van der Waals surface area contributed by atoms with Crippen LogP contribution in [0.15, 0.2) is 54.9 Å². The molecule has 3 aromatic rings. The Balaban J connectivity index is 1.98. The number of benzene rings is 1. The number of para-hydroxylation sites is 1. The number of alkyl halides is 1. The zero-order chi connectivity index (χ0) is 14.7. The van der Waals surface area contributed by atoms with Crippen LogP contribution in [0.25, 0.3) is 10.9 Å². The maximum absolute atomic E-state index is 6.10. The van der Waals surface area contributed by atoms with E-state index in [2.05, 4.69) is 28.1 Å². The maximum Gasteiger partial charge on any atom is 0.133 e. The van der Waals surface area contributed by atoms with E-state index in [-0.39, 0.29) is 0 Å². The summed E-state index contributed by atoms with van der Waals surface area (Å²) >= 11 is 6.10. The summed E-state index contributed by atoms with van der Waals surface area (Å²) in [4.78, 5) is 11.0. The Kier molecular flexibility index (Phi) is 4.02. The molecule has 0 radical (unpaired) electrons. The smallest absolute Gasteiger partial charge is 0.133 e. The molecule has 2 aromatic heterocycles. The molecule has 0 aliphatic heterocycles. The largest absolute Gasteiger partial charge is 0.355 e. The van der Waals surface area contributed by atoms with Crippen LogP contribution >= 0.6 is 11.6 Å². The van der Waals surface area contributed by atoms with E-state index in [9.17, 15) is 0 Å². The molecule has 0 N–H and O–H groups in total. The van der Waals surface area contributed by atoms with E-state index in [4.69, 9.17) is 16.6 Å². The van der Waals surface area contributed by atoms with Crippen LogP contribution in [-0.2, 0) is 12.4 Å². The third kappa shape index (κ3) is 2.98. The Hall–Kier alpha value is -2.13. The molecular weight excluding hydrogens is 282 g/mol. The number of halogens is 1. The SMILES string of the molecule is CN(Cc1cccnc1)c1nc2ccccc2cc1CCl. The molecule has 106 valence electrons. The lowest BCUT2D eigenvalue weighted by molar-refractivity contribution is 0.888. The molecule has 0 amide bonds. The van der Waals surface area contributed by atoms with Gasteiger partial charge in [-0.1, -0.05) is 24.3 Å². The first kappa shape index (κ1) is 13.8. The maximum atomic E-state index is 6.10. The highest BCUT2D eigenvalue weighted by atomic mass is 35.5. The molecule has 21 heavy (non-hydrogen) atoms. The average molecular weight is 298 g/mol. The predicted octanol–water partition coefficient (Wildman–Crippen LogP) is 4.01. The van der Waals surface area contributed by atoms with Gasteiger partial charge >= 0.3 is 0 Å². The molecule has 0 saturated carbocycles. The minimum Gasteiger partial charge on any atom is -0.355 e. The molecule has 0 spiro atoms. The van der Waals surface area contributed by atoms with E-state index < -0.39 is 0 Å². The number of fused-ring (bicyclic) bond motifs is 1. The summed E-state index contributed by atoms with van der Waals surface area (Å²) in [6, 6.07) is 14.2. The summed E-state index contributed by atoms with van der Waals surface area (Å²) < 4.78 is 0. The van der Waals surface area contributed by atoms with Crippen LogP contribution in [0.5, 0.6) is 0 Å². The highest BCUT2D eigenvalue weighted by Crippen LogP contribution is 2.25. The first-order valence-corrected chi connectivity index (χ1v) is 7.36. The lowest BCUT2D eigenvalue weighted by atomic mass is 10.1. The van der Waals surface area contributed by atoms with Crippen LogP contribution in [-0.4, -0.2) is 17.0 Å². The van der Waals surface area contributed by atoms with Gasteiger partial charge in [0.15, 0.2) is 0 Å². The van der Waals surface area contributed by atoms with Crippen molar-refractivity contribution in [3.8, 4) is 0 Å². The number of anilines is 1. The molecule has 0 unspecified atom stereocenters. The van der Waals surface area contributed by atoms with Gasteiger partial charge in [-0.2, -0.15) is 0 Å². The van der Waals surface area contributed by atoms with Gasteiger partial charge in [-0.3, -0.25) is 4.98 Å². The van der Waals surface area contributed by atoms with Crippen molar-refractivity contribution in [3.05, 3.63) is 66.0 Å². The van der Waals surface area contributed by atoms with Crippen molar-refractivity contribution in [1.29, 1.82) is 0 Å². The summed E-state index contributed by atoms with van der Waals surface area (Å²) in [5, 5.41) is 1.12. The van der Waals surface area contributed by atoms with Gasteiger partial charge in [-0.25, -0.2) is 4.98 Å². The number of pyridine rings is 2. The number of aromatic nitrogens is 2. The van der Waals surface area contributed by atoms with E-state index in [0.717, 1.165) is 34.4 Å². The number of nitrogens with zero attached hydrogens (tertiary/aromatic N) is 3. The third-order valence-electron chi connectivity index (χ3n) is 3.43. The van der Waals surface area contributed by atoms with Crippen molar-refractivity contribution in [2.75, 3.05) is 11.9 Å². The first-order chi connectivity index (χ1) is 10.3. The molecule has 0 atom stereocenters. The Morgan fingerprint density at radius 1 is 1.14 bits per heavy atom. The van der Waals surface area contributed by atoms with Crippen molar-refractivity contribution < 1.29 is 0 Å². The van der Waals surface area contributed by atoms with Crippen molar-refractivity contribution in [1.82, 2.24) is 9.97 Å². The topological polar surface area (TPSA) is 29.0 Å². The summed E-state index contributed by atoms with van der Waals surface area (Å²) in [6.07, 6.45) is 3.65. The van der Waals surface area contributed by atoms with Gasteiger partial charge in [0, 0.05) is 36.9 Å². The van der Waals surface area contributed by atoms with Gasteiger partial charge in [0.05, 0.1) is 11.4 Å². The molecule has 0 aliphatic rings. The normalized spacial score (nSPS) is 10.8. The van der Waals surface area contributed by atoms with Gasteiger partial charge in [0.25, 0.3) is 0 Å². The number of hydrogen-bond donors (Lipinski definition) is 0. The van der Waals surface area contributed by atoms with Gasteiger partial charge in [0.2, 0.25) is 0 Å². The van der Waals surface area contributed by atoms with Crippen LogP contribution in [0, 0.1) is 0 Å². The minimum absolute atomic E-state index is 0.449. The quantitative estimate of drug-likeness (QED) is 0.682. The van der Waals surface area contributed by atoms with Gasteiger partial charge in [-0.05, 0) is 23.8 Å². The van der Waals surface area contributed by atoms with Crippen molar-refractivity contribution in [2.45, 2.75) is 12.4 Å². The molecule has 0 bridgehead atoms. The van der Waals surface area contributed by atoms with E-state index in [1.165, 1.54) is 0 Å². The Morgan fingerprint density at radius 2 is 2.00 bits per heavy atom. The van der Waals surface area contributed by atoms with E-state index in [0.29, 0.717) is 5.88 Å². The standard InChI is InChI=1S/C17H16ClN3/c1-21(12-13-5-4-8-19-11-13)17-15(10-18)9-14-6-2-3-7-16(14)20-17/h2-9,11H,10,12H2,1H3. The second-order valence-corrected chi connectivity index (χ2v) is 5.28. The van der Waals surface area contributed by atoms with Crippen molar-refractivity contribution in [3.63, 3.8) is 0 Å². The predicted molar refractivity (Wildman–Crippen MR) is 87.6 cm³/mol. The van der Waals surface area contributed by atoms with Crippen LogP contribution in [0.3, 0.4) is 0 Å². The van der Waals surface area contributed by atoms with E-state index >= 15 is 0 Å². The van der Waals surface area contributed by atoms with Crippen molar-refractivity contribution in [2.24, 2.45) is 0 Å². The van der Waals surface area contributed by atoms with E-state index in [1.54, 1.807) is 6.20 Å². The van der Waals surface area contributed by atoms with Crippen LogP contribution in [0.4, 0.5) is 5.82 Å². The highest BCUT2D eigenvalue weighted by Gasteiger charge is 2.11. The highest BCUT2D eigenvalue weighted by molar-refractivity contribution is 6.17. The molecule has 0 fully saturated rings. The molecule has 3 nitrogen and oxygen atoms in total. The Labute approximate surface area is 129 Å². The van der Waals surface area contributed by atoms with Crippen LogP contribution in [0.2, 0.25) is 0 Å². The van der Waals surface area contributed by atoms with Crippen LogP contribution < -0.4 is 4.90 Å². The molecule has 2 heterocycles. The molecule has 0 aliphatic carbocycles. The Morgan fingerprint density at radius 3 is 2.76 bits per heavy atom. The lowest BCUT2D eigenvalue weighted by Gasteiger charge is -2.21. The molecule has 4 heteroatoms. The molecule has 3 rings (SSSR count). The number of rotatable bonds is 4. The molecular formula is C17H16ClN3. The average Bonchev–Trinajstić information content (AvgIpc) is 2.54. The van der Waals surface area contributed by atoms with Gasteiger partial charge in [0.1, 0.15) is 5.82 Å². The van der Waals surface area contributed by atoms with Gasteiger partial charge in [-0.15, -0.1) is 11.6 Å². The Bertz CT molecular complexity index is 743. The zero-order valence-electron chi connectivity index (χ0n) is 11.8. The van der Waals surface area contributed by atoms with Crippen molar-refractivity contribution >= 4 is 28.3 Å². The summed E-state index contributed by atoms with van der Waals surface area (Å²) in [5.74, 6) is 1.37. The van der Waals surface area contributed by atoms with Crippen LogP contribution in [0.1, 0.15) is 11.1 Å². The second-order valence-electron chi connectivity index (χ2n) is 5.01. The molecule has 0 saturated heterocycles. The third-order valence-corrected chi connectivity index (χ3v) is 3.72. The first-order valence-electron chi connectivity index (χ1n) is 6.82. The molecule has 1 aromatic carbocycles. The number of hydrogen-bond acceptors (Lipinski definition) is 3.